The van der Waals surface area contributed by atoms with Crippen LogP contribution in [0, 0.1) is 6.92 Å². The minimum atomic E-state index is -0.778. The zero-order valence-corrected chi connectivity index (χ0v) is 18.8. The van der Waals surface area contributed by atoms with Gasteiger partial charge in [-0.1, -0.05) is 52.3 Å². The Kier molecular flexibility index (Phi) is 6.18. The van der Waals surface area contributed by atoms with E-state index in [2.05, 4.69) is 21.2 Å². The second-order valence-electron chi connectivity index (χ2n) is 7.22. The van der Waals surface area contributed by atoms with Crippen molar-refractivity contribution in [1.29, 1.82) is 0 Å². The summed E-state index contributed by atoms with van der Waals surface area (Å²) in [4.78, 5) is 38.5. The number of aryl methyl sites for hydroxylation is 1. The number of hydrogen-bond donors (Lipinski definition) is 1. The Bertz CT molecular complexity index is 1220. The molecule has 3 aromatic carbocycles. The molecule has 160 valence electrons. The Morgan fingerprint density at radius 3 is 2.31 bits per heavy atom. The van der Waals surface area contributed by atoms with E-state index in [1.54, 1.807) is 48.5 Å². The second-order valence-corrected chi connectivity index (χ2v) is 8.13. The molecule has 32 heavy (non-hydrogen) atoms. The number of nitrogens with one attached hydrogen (secondary N) is 1. The molecule has 0 spiro atoms. The van der Waals surface area contributed by atoms with Crippen LogP contribution in [0.3, 0.4) is 0 Å². The van der Waals surface area contributed by atoms with E-state index in [4.69, 9.17) is 4.74 Å². The molecule has 3 aromatic rings. The molecule has 1 aliphatic rings. The van der Waals surface area contributed by atoms with Gasteiger partial charge >= 0.3 is 6.03 Å². The molecule has 4 amide bonds. The molecule has 0 aliphatic carbocycles. The average Bonchev–Trinajstić information content (AvgIpc) is 2.78. The topological polar surface area (TPSA) is 75.7 Å². The van der Waals surface area contributed by atoms with Crippen molar-refractivity contribution in [1.82, 2.24) is 5.32 Å². The van der Waals surface area contributed by atoms with Gasteiger partial charge in [-0.05, 0) is 66.1 Å². The smallest absolute Gasteiger partial charge is 0.335 e. The van der Waals surface area contributed by atoms with Crippen LogP contribution in [-0.4, -0.2) is 17.8 Å². The van der Waals surface area contributed by atoms with Crippen LogP contribution < -0.4 is 15.0 Å². The molecule has 1 aliphatic heterocycles. The standard InChI is InChI=1S/C25H19BrN2O4/c1-16-4-2-3-5-18(16)15-32-21-12-6-17(7-13-21)14-22-23(29)27-25(31)28(24(22)30)20-10-8-19(26)9-11-20/h2-14H,15H2,1H3,(H,27,29,31)/b22-14+. The number of imide groups is 2. The van der Waals surface area contributed by atoms with Gasteiger partial charge in [0.1, 0.15) is 17.9 Å². The molecule has 1 heterocycles. The van der Waals surface area contributed by atoms with Gasteiger partial charge in [-0.3, -0.25) is 14.9 Å². The predicted molar refractivity (Wildman–Crippen MR) is 125 cm³/mol. The maximum atomic E-state index is 12.9. The number of ether oxygens (including phenoxy) is 1. The lowest BCUT2D eigenvalue weighted by molar-refractivity contribution is -0.122. The second kappa shape index (κ2) is 9.20. The summed E-state index contributed by atoms with van der Waals surface area (Å²) < 4.78 is 6.64. The van der Waals surface area contributed by atoms with E-state index in [0.29, 0.717) is 23.6 Å². The van der Waals surface area contributed by atoms with Gasteiger partial charge in [-0.15, -0.1) is 0 Å². The van der Waals surface area contributed by atoms with Crippen molar-refractivity contribution in [2.45, 2.75) is 13.5 Å². The summed E-state index contributed by atoms with van der Waals surface area (Å²) in [5.74, 6) is -0.740. The van der Waals surface area contributed by atoms with E-state index in [0.717, 1.165) is 20.5 Å². The molecule has 0 aromatic heterocycles. The molecule has 0 bridgehead atoms. The van der Waals surface area contributed by atoms with Gasteiger partial charge < -0.3 is 4.74 Å². The number of barbiturate groups is 1. The first-order chi connectivity index (χ1) is 15.4. The maximum absolute atomic E-state index is 12.9. The lowest BCUT2D eigenvalue weighted by Gasteiger charge is -2.26. The molecule has 1 N–H and O–H groups in total. The molecular weight excluding hydrogens is 472 g/mol. The van der Waals surface area contributed by atoms with Crippen LogP contribution >= 0.6 is 15.9 Å². The Morgan fingerprint density at radius 1 is 0.938 bits per heavy atom. The van der Waals surface area contributed by atoms with E-state index in [1.807, 2.05) is 31.2 Å². The third-order valence-corrected chi connectivity index (χ3v) is 5.56. The highest BCUT2D eigenvalue weighted by molar-refractivity contribution is 9.10. The van der Waals surface area contributed by atoms with Gasteiger partial charge in [0.05, 0.1) is 5.69 Å². The fraction of sp³-hybridized carbons (Fsp3) is 0.0800. The number of hydrogen-bond acceptors (Lipinski definition) is 4. The van der Waals surface area contributed by atoms with E-state index in [-0.39, 0.29) is 5.57 Å². The van der Waals surface area contributed by atoms with Crippen LogP contribution in [0.25, 0.3) is 6.08 Å². The van der Waals surface area contributed by atoms with Crippen molar-refractivity contribution in [3.63, 3.8) is 0 Å². The van der Waals surface area contributed by atoms with Gasteiger partial charge in [0, 0.05) is 4.47 Å². The molecule has 4 rings (SSSR count). The predicted octanol–water partition coefficient (Wildman–Crippen LogP) is 5.00. The van der Waals surface area contributed by atoms with Crippen molar-refractivity contribution in [3.8, 4) is 5.75 Å². The monoisotopic (exact) mass is 490 g/mol. The Hall–Kier alpha value is -3.71. The average molecular weight is 491 g/mol. The highest BCUT2D eigenvalue weighted by Crippen LogP contribution is 2.24. The van der Waals surface area contributed by atoms with Crippen molar-refractivity contribution < 1.29 is 19.1 Å². The normalized spacial score (nSPS) is 15.1. The summed E-state index contributed by atoms with van der Waals surface area (Å²) in [6.45, 7) is 2.47. The van der Waals surface area contributed by atoms with Crippen LogP contribution in [-0.2, 0) is 16.2 Å². The minimum Gasteiger partial charge on any atom is -0.489 e. The Labute approximate surface area is 193 Å². The third kappa shape index (κ3) is 4.63. The highest BCUT2D eigenvalue weighted by atomic mass is 79.9. The SMILES string of the molecule is Cc1ccccc1COc1ccc(/C=C2\C(=O)NC(=O)N(c3ccc(Br)cc3)C2=O)cc1. The van der Waals surface area contributed by atoms with Gasteiger partial charge in [0.25, 0.3) is 11.8 Å². The molecule has 0 saturated carbocycles. The number of carbonyl (C=O) groups is 3. The summed E-state index contributed by atoms with van der Waals surface area (Å²) in [6.07, 6.45) is 1.46. The molecule has 6 nitrogen and oxygen atoms in total. The van der Waals surface area contributed by atoms with Crippen LogP contribution in [0.2, 0.25) is 0 Å². The first kappa shape index (κ1) is 21.5. The van der Waals surface area contributed by atoms with E-state index >= 15 is 0 Å². The van der Waals surface area contributed by atoms with Crippen molar-refractivity contribution in [2.75, 3.05) is 4.90 Å². The number of carbonyl (C=O) groups excluding carboxylic acids is 3. The third-order valence-electron chi connectivity index (χ3n) is 5.03. The van der Waals surface area contributed by atoms with E-state index in [1.165, 1.54) is 6.08 Å². The van der Waals surface area contributed by atoms with Crippen LogP contribution in [0.15, 0.2) is 82.8 Å². The molecule has 1 fully saturated rings. The number of rotatable bonds is 5. The van der Waals surface area contributed by atoms with Crippen LogP contribution in [0.4, 0.5) is 10.5 Å². The summed E-state index contributed by atoms with van der Waals surface area (Å²) in [5.41, 5.74) is 3.13. The van der Waals surface area contributed by atoms with Crippen molar-refractivity contribution in [2.24, 2.45) is 0 Å². The quantitative estimate of drug-likeness (QED) is 0.403. The number of urea groups is 1. The summed E-state index contributed by atoms with van der Waals surface area (Å²) in [6, 6.07) is 20.9. The van der Waals surface area contributed by atoms with Gasteiger partial charge in [-0.25, -0.2) is 9.69 Å². The zero-order chi connectivity index (χ0) is 22.7. The number of nitrogens with zero attached hydrogens (tertiary/aromatic N) is 1. The summed E-state index contributed by atoms with van der Waals surface area (Å²) in [5, 5.41) is 2.22. The first-order valence-corrected chi connectivity index (χ1v) is 10.7. The summed E-state index contributed by atoms with van der Waals surface area (Å²) in [7, 11) is 0. The molecule has 7 heteroatoms. The molecule has 1 saturated heterocycles. The van der Waals surface area contributed by atoms with E-state index < -0.39 is 17.8 Å². The Balaban J connectivity index is 1.52. The first-order valence-electron chi connectivity index (χ1n) is 9.87. The maximum Gasteiger partial charge on any atom is 0.335 e. The van der Waals surface area contributed by atoms with Gasteiger partial charge in [0.15, 0.2) is 0 Å². The van der Waals surface area contributed by atoms with Crippen molar-refractivity contribution >= 4 is 45.5 Å². The van der Waals surface area contributed by atoms with Crippen molar-refractivity contribution in [3.05, 3.63) is 99.5 Å². The van der Waals surface area contributed by atoms with Gasteiger partial charge in [-0.2, -0.15) is 0 Å². The van der Waals surface area contributed by atoms with Gasteiger partial charge in [0.2, 0.25) is 0 Å². The lowest BCUT2D eigenvalue weighted by atomic mass is 10.1. The molecule has 0 radical (unpaired) electrons. The van der Waals surface area contributed by atoms with Crippen LogP contribution in [0.1, 0.15) is 16.7 Å². The van der Waals surface area contributed by atoms with E-state index in [9.17, 15) is 14.4 Å². The zero-order valence-electron chi connectivity index (χ0n) is 17.2. The molecule has 0 unspecified atom stereocenters. The number of benzene rings is 3. The fourth-order valence-electron chi connectivity index (χ4n) is 3.24. The fourth-order valence-corrected chi connectivity index (χ4v) is 3.51. The largest absolute Gasteiger partial charge is 0.489 e. The lowest BCUT2D eigenvalue weighted by Crippen LogP contribution is -2.54. The number of amides is 4. The minimum absolute atomic E-state index is 0.124. The molecular formula is C25H19BrN2O4. The Morgan fingerprint density at radius 2 is 1.62 bits per heavy atom. The highest BCUT2D eigenvalue weighted by Gasteiger charge is 2.36. The van der Waals surface area contributed by atoms with Crippen LogP contribution in [0.5, 0.6) is 5.75 Å². The summed E-state index contributed by atoms with van der Waals surface area (Å²) >= 11 is 3.32. The molecule has 0 atom stereocenters. The number of halogens is 1. The number of anilines is 1.